The molecule has 0 aliphatic heterocycles. The normalized spacial score (nSPS) is 11.9. The molecule has 0 aliphatic carbocycles. The minimum atomic E-state index is -0.881. The lowest BCUT2D eigenvalue weighted by Gasteiger charge is -2.30. The van der Waals surface area contributed by atoms with Crippen LogP contribution in [-0.2, 0) is 6.42 Å². The number of aryl methyl sites for hydroxylation is 1. The van der Waals surface area contributed by atoms with E-state index < -0.39 is 12.0 Å². The largest absolute Gasteiger partial charge is 0.491 e. The van der Waals surface area contributed by atoms with Crippen LogP contribution in [0.4, 0.5) is 11.6 Å². The number of amides is 1. The quantitative estimate of drug-likeness (QED) is 0.276. The van der Waals surface area contributed by atoms with E-state index >= 15 is 0 Å². The number of rotatable bonds is 12. The summed E-state index contributed by atoms with van der Waals surface area (Å²) in [5, 5.41) is 20.9. The molecule has 1 aromatic carbocycles. The minimum Gasteiger partial charge on any atom is -0.491 e. The average Bonchev–Trinajstić information content (AvgIpc) is 2.81. The van der Waals surface area contributed by atoms with Crippen molar-refractivity contribution in [3.63, 3.8) is 0 Å². The second kappa shape index (κ2) is 14.6. The summed E-state index contributed by atoms with van der Waals surface area (Å²) in [6.07, 6.45) is 0.994. The number of anilines is 2. The van der Waals surface area contributed by atoms with Gasteiger partial charge in [-0.25, -0.2) is 9.97 Å². The summed E-state index contributed by atoms with van der Waals surface area (Å²) < 4.78 is 6.14. The van der Waals surface area contributed by atoms with E-state index in [2.05, 4.69) is 29.4 Å². The van der Waals surface area contributed by atoms with Crippen LogP contribution in [0, 0.1) is 0 Å². The fourth-order valence-corrected chi connectivity index (χ4v) is 3.11. The number of carbonyl (C=O) groups excluding carboxylic acids is 1. The van der Waals surface area contributed by atoms with Gasteiger partial charge in [-0.2, -0.15) is 0 Å². The van der Waals surface area contributed by atoms with Crippen LogP contribution in [0.3, 0.4) is 0 Å². The van der Waals surface area contributed by atoms with Gasteiger partial charge in [0.15, 0.2) is 22.5 Å². The SMILES string of the molecule is CC.C[N+](C)(CCCc1ccc(OCC(O)CO)cc1)CCNC(=O)c1nc(Cl)c(N)nc1N. The maximum absolute atomic E-state index is 12.3. The van der Waals surface area contributed by atoms with Crippen LogP contribution < -0.4 is 21.5 Å². The third-order valence-electron chi connectivity index (χ3n) is 4.93. The van der Waals surface area contributed by atoms with Crippen LogP contribution in [-0.4, -0.2) is 83.6 Å². The summed E-state index contributed by atoms with van der Waals surface area (Å²) in [7, 11) is 4.20. The number of nitrogens with two attached hydrogens (primary N) is 2. The van der Waals surface area contributed by atoms with Crippen molar-refractivity contribution in [2.75, 3.05) is 58.4 Å². The summed E-state index contributed by atoms with van der Waals surface area (Å²) in [4.78, 5) is 20.0. The molecule has 2 aromatic rings. The average molecular weight is 498 g/mol. The van der Waals surface area contributed by atoms with Crippen LogP contribution in [0.15, 0.2) is 24.3 Å². The number of ether oxygens (including phenoxy) is 1. The molecule has 11 heteroatoms. The molecule has 1 amide bonds. The molecule has 0 fully saturated rings. The molecule has 34 heavy (non-hydrogen) atoms. The molecule has 0 saturated carbocycles. The summed E-state index contributed by atoms with van der Waals surface area (Å²) in [6.45, 7) is 5.82. The molecule has 2 rings (SSSR count). The van der Waals surface area contributed by atoms with E-state index in [9.17, 15) is 9.90 Å². The topological polar surface area (TPSA) is 157 Å². The number of hydrogen-bond acceptors (Lipinski definition) is 8. The molecular weight excluding hydrogens is 460 g/mol. The maximum atomic E-state index is 12.3. The van der Waals surface area contributed by atoms with E-state index in [0.29, 0.717) is 12.3 Å². The number of halogens is 1. The van der Waals surface area contributed by atoms with Crippen LogP contribution in [0.2, 0.25) is 5.15 Å². The zero-order chi connectivity index (χ0) is 25.7. The summed E-state index contributed by atoms with van der Waals surface area (Å²) >= 11 is 5.82. The molecule has 1 atom stereocenters. The summed E-state index contributed by atoms with van der Waals surface area (Å²) in [5.41, 5.74) is 12.4. The standard InChI is InChI=1S/C21H31ClN6O4.C2H6/c1-28(2,11-9-25-21(31)17-19(23)27-20(24)18(22)26-17)10-3-4-14-5-7-16(8-6-14)32-13-15(30)12-29;1-2/h5-8,15,29-30H,3-4,9-13H2,1-2H3,(H4-,23,24,25,27,31);1-2H3/p+1. The molecule has 1 unspecified atom stereocenters. The van der Waals surface area contributed by atoms with Gasteiger partial charge in [-0.15, -0.1) is 0 Å². The van der Waals surface area contributed by atoms with Gasteiger partial charge >= 0.3 is 0 Å². The van der Waals surface area contributed by atoms with Crippen LogP contribution >= 0.6 is 11.6 Å². The number of aliphatic hydroxyl groups is 2. The van der Waals surface area contributed by atoms with Gasteiger partial charge in [0.05, 0.1) is 40.3 Å². The molecular formula is C23H38ClN6O4+. The molecule has 0 spiro atoms. The van der Waals surface area contributed by atoms with Crippen molar-refractivity contribution < 1.29 is 24.2 Å². The number of nitrogen functional groups attached to an aromatic ring is 2. The zero-order valence-corrected chi connectivity index (χ0v) is 21.2. The van der Waals surface area contributed by atoms with E-state index in [1.54, 1.807) is 0 Å². The Kier molecular flexibility index (Phi) is 12.6. The Bertz CT molecular complexity index is 896. The van der Waals surface area contributed by atoms with Gasteiger partial charge in [-0.3, -0.25) is 4.79 Å². The highest BCUT2D eigenvalue weighted by Crippen LogP contribution is 2.17. The van der Waals surface area contributed by atoms with Gasteiger partial charge in [-0.05, 0) is 24.1 Å². The minimum absolute atomic E-state index is 0.0128. The van der Waals surface area contributed by atoms with Gasteiger partial charge in [0, 0.05) is 6.42 Å². The summed E-state index contributed by atoms with van der Waals surface area (Å²) in [6, 6.07) is 7.69. The number of aromatic nitrogens is 2. The first-order valence-electron chi connectivity index (χ1n) is 11.3. The van der Waals surface area contributed by atoms with Crippen molar-refractivity contribution in [3.8, 4) is 5.75 Å². The van der Waals surface area contributed by atoms with E-state index in [1.807, 2.05) is 38.1 Å². The Balaban J connectivity index is 0.00000281. The van der Waals surface area contributed by atoms with E-state index in [4.69, 9.17) is 32.9 Å². The number of hydrogen-bond donors (Lipinski definition) is 5. The Hall–Kier alpha value is -2.66. The molecule has 0 radical (unpaired) electrons. The van der Waals surface area contributed by atoms with Gasteiger partial charge in [-0.1, -0.05) is 37.6 Å². The number of benzene rings is 1. The van der Waals surface area contributed by atoms with Crippen molar-refractivity contribution >= 4 is 29.1 Å². The van der Waals surface area contributed by atoms with Crippen molar-refractivity contribution in [1.82, 2.24) is 15.3 Å². The number of carbonyl (C=O) groups is 1. The Labute approximate surface area is 206 Å². The predicted molar refractivity (Wildman–Crippen MR) is 135 cm³/mol. The van der Waals surface area contributed by atoms with Gasteiger partial charge < -0.3 is 36.2 Å². The predicted octanol–water partition coefficient (Wildman–Crippen LogP) is 1.49. The molecule has 0 aliphatic rings. The maximum Gasteiger partial charge on any atom is 0.273 e. The highest BCUT2D eigenvalue weighted by atomic mass is 35.5. The Morgan fingerprint density at radius 2 is 1.79 bits per heavy atom. The van der Waals surface area contributed by atoms with Crippen LogP contribution in [0.1, 0.15) is 36.3 Å². The molecule has 1 aromatic heterocycles. The third kappa shape index (κ3) is 10.1. The lowest BCUT2D eigenvalue weighted by molar-refractivity contribution is -0.889. The Morgan fingerprint density at radius 1 is 1.15 bits per heavy atom. The second-order valence-electron chi connectivity index (χ2n) is 8.17. The lowest BCUT2D eigenvalue weighted by Crippen LogP contribution is -2.46. The number of aliphatic hydroxyl groups excluding tert-OH is 2. The van der Waals surface area contributed by atoms with E-state index in [-0.39, 0.29) is 35.7 Å². The van der Waals surface area contributed by atoms with E-state index in [1.165, 1.54) is 5.56 Å². The number of nitrogens with zero attached hydrogens (tertiary/aromatic N) is 3. The van der Waals surface area contributed by atoms with Crippen LogP contribution in [0.5, 0.6) is 5.75 Å². The fourth-order valence-electron chi connectivity index (χ4n) is 2.98. The highest BCUT2D eigenvalue weighted by Gasteiger charge is 2.18. The molecule has 0 saturated heterocycles. The first-order chi connectivity index (χ1) is 16.1. The molecule has 190 valence electrons. The highest BCUT2D eigenvalue weighted by molar-refractivity contribution is 6.31. The first-order valence-corrected chi connectivity index (χ1v) is 11.7. The third-order valence-corrected chi connectivity index (χ3v) is 5.21. The van der Waals surface area contributed by atoms with Gasteiger partial charge in [0.1, 0.15) is 18.5 Å². The van der Waals surface area contributed by atoms with Crippen molar-refractivity contribution in [1.29, 1.82) is 0 Å². The summed E-state index contributed by atoms with van der Waals surface area (Å²) in [5.74, 6) is 0.145. The first kappa shape index (κ1) is 29.4. The number of likely N-dealkylation sites (N-methyl/N-ethyl adjacent to an activating group) is 1. The lowest BCUT2D eigenvalue weighted by atomic mass is 10.1. The van der Waals surface area contributed by atoms with Crippen molar-refractivity contribution in [2.45, 2.75) is 32.8 Å². The fraction of sp³-hybridized carbons (Fsp3) is 0.522. The molecule has 1 heterocycles. The second-order valence-corrected chi connectivity index (χ2v) is 8.53. The Morgan fingerprint density at radius 3 is 2.41 bits per heavy atom. The zero-order valence-electron chi connectivity index (χ0n) is 20.4. The smallest absolute Gasteiger partial charge is 0.273 e. The van der Waals surface area contributed by atoms with Gasteiger partial charge in [0.2, 0.25) is 0 Å². The van der Waals surface area contributed by atoms with E-state index in [0.717, 1.165) is 30.4 Å². The monoisotopic (exact) mass is 497 g/mol. The van der Waals surface area contributed by atoms with Crippen LogP contribution in [0.25, 0.3) is 0 Å². The number of nitrogens with one attached hydrogen (secondary N) is 1. The molecule has 0 bridgehead atoms. The van der Waals surface area contributed by atoms with Crippen molar-refractivity contribution in [2.24, 2.45) is 0 Å². The molecule has 10 nitrogen and oxygen atoms in total. The number of quaternary nitrogens is 1. The van der Waals surface area contributed by atoms with Crippen molar-refractivity contribution in [3.05, 3.63) is 40.7 Å². The molecule has 7 N–H and O–H groups in total. The van der Waals surface area contributed by atoms with Gasteiger partial charge in [0.25, 0.3) is 5.91 Å².